The van der Waals surface area contributed by atoms with Gasteiger partial charge in [-0.15, -0.1) is 0 Å². The number of hydrogen-bond acceptors (Lipinski definition) is 2. The third kappa shape index (κ3) is 0.943. The minimum absolute atomic E-state index is 0.104. The Hall–Kier alpha value is -1.82. The average molecular weight is 213 g/mol. The second-order valence-corrected chi connectivity index (χ2v) is 5.09. The first-order chi connectivity index (χ1) is 7.60. The van der Waals surface area contributed by atoms with Crippen LogP contribution < -0.4 is 0 Å². The Morgan fingerprint density at radius 1 is 1.25 bits per heavy atom. The number of benzene rings is 1. The van der Waals surface area contributed by atoms with Crippen LogP contribution in [0.2, 0.25) is 0 Å². The van der Waals surface area contributed by atoms with Crippen molar-refractivity contribution in [2.45, 2.75) is 24.7 Å². The molecule has 0 radical (unpaired) electrons. The summed E-state index contributed by atoms with van der Waals surface area (Å²) in [6.07, 6.45) is 2.30. The van der Waals surface area contributed by atoms with Crippen molar-refractivity contribution in [2.75, 3.05) is 0 Å². The zero-order valence-electron chi connectivity index (χ0n) is 8.73. The van der Waals surface area contributed by atoms with Gasteiger partial charge in [-0.3, -0.25) is 4.79 Å². The predicted octanol–water partition coefficient (Wildman–Crippen LogP) is 2.06. The lowest BCUT2D eigenvalue weighted by atomic mass is 9.33. The summed E-state index contributed by atoms with van der Waals surface area (Å²) in [6.45, 7) is 0. The first-order valence-electron chi connectivity index (χ1n) is 5.34. The van der Waals surface area contributed by atoms with Crippen LogP contribution >= 0.6 is 0 Å². The minimum Gasteiger partial charge on any atom is -0.481 e. The van der Waals surface area contributed by atoms with E-state index in [1.165, 1.54) is 5.56 Å². The zero-order chi connectivity index (χ0) is 11.4. The molecular weight excluding hydrogens is 202 g/mol. The maximum Gasteiger partial charge on any atom is 0.309 e. The van der Waals surface area contributed by atoms with Crippen molar-refractivity contribution in [3.05, 3.63) is 35.4 Å². The van der Waals surface area contributed by atoms with E-state index >= 15 is 0 Å². The van der Waals surface area contributed by atoms with Crippen LogP contribution in [0.4, 0.5) is 0 Å². The van der Waals surface area contributed by atoms with Gasteiger partial charge in [0.05, 0.1) is 17.0 Å². The van der Waals surface area contributed by atoms with Crippen molar-refractivity contribution in [3.8, 4) is 6.07 Å². The molecule has 3 aliphatic rings. The number of nitriles is 1. The second-order valence-electron chi connectivity index (χ2n) is 5.09. The molecule has 0 unspecified atom stereocenters. The van der Waals surface area contributed by atoms with Crippen LogP contribution in [0, 0.1) is 16.7 Å². The normalized spacial score (nSPS) is 34.4. The summed E-state index contributed by atoms with van der Waals surface area (Å²) in [6, 6.07) is 9.63. The SMILES string of the molecule is N#Cc1ccc(C23CC(C(=O)O)(C2)C3)cc1. The molecule has 1 N–H and O–H groups in total. The molecule has 16 heavy (non-hydrogen) atoms. The van der Waals surface area contributed by atoms with Crippen LogP contribution in [-0.4, -0.2) is 11.1 Å². The molecule has 4 rings (SSSR count). The van der Waals surface area contributed by atoms with Gasteiger partial charge in [-0.1, -0.05) is 12.1 Å². The molecule has 0 saturated heterocycles. The molecule has 1 aromatic rings. The summed E-state index contributed by atoms with van der Waals surface area (Å²) < 4.78 is 0. The first kappa shape index (κ1) is 9.41. The lowest BCUT2D eigenvalue weighted by molar-refractivity contribution is -0.194. The van der Waals surface area contributed by atoms with Crippen molar-refractivity contribution in [1.29, 1.82) is 5.26 Å². The fourth-order valence-electron chi connectivity index (χ4n) is 3.22. The molecule has 80 valence electrons. The van der Waals surface area contributed by atoms with Crippen molar-refractivity contribution < 1.29 is 9.90 Å². The smallest absolute Gasteiger partial charge is 0.309 e. The van der Waals surface area contributed by atoms with Gasteiger partial charge in [0.1, 0.15) is 0 Å². The summed E-state index contributed by atoms with van der Waals surface area (Å²) >= 11 is 0. The van der Waals surface area contributed by atoms with Crippen molar-refractivity contribution in [1.82, 2.24) is 0 Å². The molecule has 0 atom stereocenters. The van der Waals surface area contributed by atoms with Crippen LogP contribution in [0.15, 0.2) is 24.3 Å². The maximum absolute atomic E-state index is 11.0. The highest BCUT2D eigenvalue weighted by molar-refractivity contribution is 5.80. The largest absolute Gasteiger partial charge is 0.481 e. The van der Waals surface area contributed by atoms with Gasteiger partial charge in [-0.2, -0.15) is 5.26 Å². The number of carbonyl (C=O) groups is 1. The Balaban J connectivity index is 1.83. The van der Waals surface area contributed by atoms with E-state index in [1.807, 2.05) is 24.3 Å². The van der Waals surface area contributed by atoms with Crippen LogP contribution in [-0.2, 0) is 10.2 Å². The van der Waals surface area contributed by atoms with Gasteiger partial charge in [0.2, 0.25) is 0 Å². The number of aliphatic carboxylic acids is 1. The van der Waals surface area contributed by atoms with Crippen molar-refractivity contribution >= 4 is 5.97 Å². The van der Waals surface area contributed by atoms with Crippen LogP contribution in [0.5, 0.6) is 0 Å². The highest BCUT2D eigenvalue weighted by Crippen LogP contribution is 2.73. The Labute approximate surface area is 93.3 Å². The van der Waals surface area contributed by atoms with Gasteiger partial charge >= 0.3 is 5.97 Å². The molecule has 2 bridgehead atoms. The third-order valence-electron chi connectivity index (χ3n) is 4.11. The Morgan fingerprint density at radius 2 is 1.81 bits per heavy atom. The first-order valence-corrected chi connectivity index (χ1v) is 5.34. The summed E-state index contributed by atoms with van der Waals surface area (Å²) in [5.74, 6) is -0.650. The van der Waals surface area contributed by atoms with E-state index in [2.05, 4.69) is 6.07 Å². The van der Waals surface area contributed by atoms with Crippen LogP contribution in [0.3, 0.4) is 0 Å². The highest BCUT2D eigenvalue weighted by atomic mass is 16.4. The fourth-order valence-corrected chi connectivity index (χ4v) is 3.22. The lowest BCUT2D eigenvalue weighted by Crippen LogP contribution is -2.67. The summed E-state index contributed by atoms with van der Waals surface area (Å²) in [4.78, 5) is 11.0. The topological polar surface area (TPSA) is 61.1 Å². The van der Waals surface area contributed by atoms with Gasteiger partial charge in [0, 0.05) is 0 Å². The van der Waals surface area contributed by atoms with E-state index in [9.17, 15) is 4.79 Å². The molecule has 3 fully saturated rings. The van der Waals surface area contributed by atoms with Gasteiger partial charge < -0.3 is 5.11 Å². The number of carboxylic acids is 1. The Kier molecular flexibility index (Phi) is 1.56. The minimum atomic E-state index is -0.650. The molecule has 0 aromatic heterocycles. The lowest BCUT2D eigenvalue weighted by Gasteiger charge is -2.68. The molecule has 3 heteroatoms. The third-order valence-corrected chi connectivity index (χ3v) is 4.11. The van der Waals surface area contributed by atoms with Gasteiger partial charge in [0.25, 0.3) is 0 Å². The predicted molar refractivity (Wildman–Crippen MR) is 56.8 cm³/mol. The Morgan fingerprint density at radius 3 is 2.25 bits per heavy atom. The van der Waals surface area contributed by atoms with E-state index in [0.717, 1.165) is 19.3 Å². The van der Waals surface area contributed by atoms with E-state index in [0.29, 0.717) is 5.56 Å². The molecule has 0 heterocycles. The Bertz CT molecular complexity index is 490. The quantitative estimate of drug-likeness (QED) is 0.818. The number of rotatable bonds is 2. The van der Waals surface area contributed by atoms with Crippen LogP contribution in [0.1, 0.15) is 30.4 Å². The van der Waals surface area contributed by atoms with Gasteiger partial charge in [-0.25, -0.2) is 0 Å². The fraction of sp³-hybridized carbons (Fsp3) is 0.385. The van der Waals surface area contributed by atoms with E-state index in [1.54, 1.807) is 0 Å². The standard InChI is InChI=1S/C13H11NO2/c14-5-9-1-3-10(4-2-9)12-6-13(7-12,8-12)11(15)16/h1-4H,6-8H2,(H,15,16). The molecule has 0 aliphatic heterocycles. The summed E-state index contributed by atoms with van der Waals surface area (Å²) in [7, 11) is 0. The van der Waals surface area contributed by atoms with E-state index < -0.39 is 11.4 Å². The molecule has 3 saturated carbocycles. The monoisotopic (exact) mass is 213 g/mol. The molecule has 0 amide bonds. The maximum atomic E-state index is 11.0. The molecule has 1 aromatic carbocycles. The molecule has 3 aliphatic carbocycles. The molecule has 3 nitrogen and oxygen atoms in total. The highest BCUT2D eigenvalue weighted by Gasteiger charge is 2.72. The second kappa shape index (κ2) is 2.65. The average Bonchev–Trinajstić information content (AvgIpc) is 2.14. The van der Waals surface area contributed by atoms with E-state index in [4.69, 9.17) is 10.4 Å². The molecular formula is C13H11NO2. The number of hydrogen-bond donors (Lipinski definition) is 1. The summed E-state index contributed by atoms with van der Waals surface area (Å²) in [5.41, 5.74) is 1.53. The summed E-state index contributed by atoms with van der Waals surface area (Å²) in [5, 5.41) is 17.7. The van der Waals surface area contributed by atoms with E-state index in [-0.39, 0.29) is 5.41 Å². The number of carboxylic acid groups (broad SMARTS) is 1. The molecule has 0 spiro atoms. The zero-order valence-corrected chi connectivity index (χ0v) is 8.73. The van der Waals surface area contributed by atoms with Gasteiger partial charge in [0.15, 0.2) is 0 Å². The van der Waals surface area contributed by atoms with Crippen molar-refractivity contribution in [3.63, 3.8) is 0 Å². The number of nitrogens with zero attached hydrogens (tertiary/aromatic N) is 1. The van der Waals surface area contributed by atoms with Crippen LogP contribution in [0.25, 0.3) is 0 Å². The van der Waals surface area contributed by atoms with Gasteiger partial charge in [-0.05, 0) is 42.4 Å². The van der Waals surface area contributed by atoms with Crippen molar-refractivity contribution in [2.24, 2.45) is 5.41 Å².